The van der Waals surface area contributed by atoms with E-state index < -0.39 is 10.0 Å². The van der Waals surface area contributed by atoms with Crippen LogP contribution in [0.1, 0.15) is 18.0 Å². The van der Waals surface area contributed by atoms with Gasteiger partial charge in [-0.2, -0.15) is 5.10 Å². The number of nitrogens with one attached hydrogen (secondary N) is 2. The molecule has 4 heterocycles. The van der Waals surface area contributed by atoms with Crippen molar-refractivity contribution < 1.29 is 13.2 Å². The fourth-order valence-corrected chi connectivity index (χ4v) is 6.49. The lowest BCUT2D eigenvalue weighted by atomic mass is 10.2. The van der Waals surface area contributed by atoms with E-state index in [0.29, 0.717) is 27.6 Å². The van der Waals surface area contributed by atoms with E-state index in [0.717, 1.165) is 11.3 Å². The average molecular weight is 575 g/mol. The lowest BCUT2D eigenvalue weighted by molar-refractivity contribution is -0.116. The average Bonchev–Trinajstić information content (AvgIpc) is 3.54. The fourth-order valence-electron chi connectivity index (χ4n) is 4.40. The molecule has 0 bridgehead atoms. The number of rotatable bonds is 7. The number of aromatic nitrogens is 6. The third-order valence-electron chi connectivity index (χ3n) is 6.28. The third-order valence-corrected chi connectivity index (χ3v) is 8.72. The van der Waals surface area contributed by atoms with E-state index in [1.807, 2.05) is 31.2 Å². The zero-order valence-electron chi connectivity index (χ0n) is 21.1. The van der Waals surface area contributed by atoms with E-state index in [4.69, 9.17) is 4.98 Å². The van der Waals surface area contributed by atoms with Crippen molar-refractivity contribution >= 4 is 50.4 Å². The molecule has 0 radical (unpaired) electrons. The SMILES string of the molecule is Cc1cccc(-n2ncc3c(=O)n4c(nc32)SCC4CC(=O)Nc2ccc(S(=O)(=O)Nc3ncccn3)cc2)c1. The standard InChI is InChI=1S/C26H22N8O4S2/c1-16-4-2-5-18(12-16)34-23-21(14-29-34)24(36)33-19(15-39-26(33)31-23)13-22(35)30-17-6-8-20(9-7-17)40(37,38)32-25-27-10-3-11-28-25/h2-12,14,19H,13,15H2,1H3,(H,30,35)(H,27,28,32). The maximum absolute atomic E-state index is 13.4. The zero-order chi connectivity index (χ0) is 27.9. The minimum atomic E-state index is -3.89. The van der Waals surface area contributed by atoms with E-state index in [2.05, 4.69) is 25.1 Å². The van der Waals surface area contributed by atoms with Crippen molar-refractivity contribution in [2.75, 3.05) is 15.8 Å². The van der Waals surface area contributed by atoms with Gasteiger partial charge in [-0.3, -0.25) is 14.2 Å². The molecule has 2 N–H and O–H groups in total. The molecule has 2 aromatic carbocycles. The van der Waals surface area contributed by atoms with E-state index >= 15 is 0 Å². The summed E-state index contributed by atoms with van der Waals surface area (Å²) in [5, 5.41) is 8.09. The molecule has 0 saturated carbocycles. The summed E-state index contributed by atoms with van der Waals surface area (Å²) in [6, 6.07) is 14.7. The molecule has 1 amide bonds. The van der Waals surface area contributed by atoms with Crippen LogP contribution in [-0.2, 0) is 14.8 Å². The first-order valence-electron chi connectivity index (χ1n) is 12.2. The summed E-state index contributed by atoms with van der Waals surface area (Å²) in [4.78, 5) is 38.7. The van der Waals surface area contributed by atoms with Crippen LogP contribution in [0.25, 0.3) is 16.7 Å². The monoisotopic (exact) mass is 574 g/mol. The van der Waals surface area contributed by atoms with Gasteiger partial charge in [0.25, 0.3) is 15.6 Å². The first-order valence-corrected chi connectivity index (χ1v) is 14.7. The molecule has 202 valence electrons. The summed E-state index contributed by atoms with van der Waals surface area (Å²) in [6.45, 7) is 1.98. The van der Waals surface area contributed by atoms with Gasteiger partial charge in [0, 0.05) is 30.3 Å². The number of carbonyl (C=O) groups is 1. The Labute approximate surface area is 232 Å². The minimum absolute atomic E-state index is 0.00748. The highest BCUT2D eigenvalue weighted by Gasteiger charge is 2.29. The molecule has 1 aliphatic rings. The van der Waals surface area contributed by atoms with E-state index in [-0.39, 0.29) is 34.8 Å². The Balaban J connectivity index is 1.17. The van der Waals surface area contributed by atoms with E-state index in [1.165, 1.54) is 54.6 Å². The first-order chi connectivity index (χ1) is 19.3. The topological polar surface area (TPSA) is 154 Å². The Morgan fingerprint density at radius 1 is 1.10 bits per heavy atom. The molecule has 14 heteroatoms. The number of hydrogen-bond donors (Lipinski definition) is 2. The van der Waals surface area contributed by atoms with Crippen molar-refractivity contribution in [1.29, 1.82) is 0 Å². The Morgan fingerprint density at radius 3 is 2.62 bits per heavy atom. The van der Waals surface area contributed by atoms with E-state index in [9.17, 15) is 18.0 Å². The van der Waals surface area contributed by atoms with Crippen molar-refractivity contribution in [3.05, 3.63) is 89.1 Å². The molecule has 0 aliphatic carbocycles. The largest absolute Gasteiger partial charge is 0.326 e. The summed E-state index contributed by atoms with van der Waals surface area (Å²) < 4.78 is 30.7. The van der Waals surface area contributed by atoms with Crippen LogP contribution in [0.2, 0.25) is 0 Å². The van der Waals surface area contributed by atoms with Crippen molar-refractivity contribution in [2.24, 2.45) is 0 Å². The molecule has 1 unspecified atom stereocenters. The van der Waals surface area contributed by atoms with Gasteiger partial charge in [-0.25, -0.2) is 32.8 Å². The van der Waals surface area contributed by atoms with Crippen LogP contribution in [-0.4, -0.2) is 49.4 Å². The molecule has 40 heavy (non-hydrogen) atoms. The number of aryl methyl sites for hydroxylation is 1. The van der Waals surface area contributed by atoms with Gasteiger partial charge in [0.15, 0.2) is 10.8 Å². The predicted molar refractivity (Wildman–Crippen MR) is 150 cm³/mol. The Kier molecular flexibility index (Phi) is 6.56. The molecule has 1 atom stereocenters. The second kappa shape index (κ2) is 10.2. The highest BCUT2D eigenvalue weighted by molar-refractivity contribution is 7.99. The van der Waals surface area contributed by atoms with Gasteiger partial charge in [-0.1, -0.05) is 23.9 Å². The van der Waals surface area contributed by atoms with Gasteiger partial charge in [0.05, 0.1) is 22.8 Å². The maximum atomic E-state index is 13.4. The first kappa shape index (κ1) is 25.7. The summed E-state index contributed by atoms with van der Waals surface area (Å²) in [7, 11) is -3.89. The summed E-state index contributed by atoms with van der Waals surface area (Å²) in [5.74, 6) is 0.163. The van der Waals surface area contributed by atoms with Crippen LogP contribution in [0.3, 0.4) is 0 Å². The molecule has 0 fully saturated rings. The number of benzene rings is 2. The second-order valence-corrected chi connectivity index (χ2v) is 11.8. The minimum Gasteiger partial charge on any atom is -0.326 e. The number of sulfonamides is 1. The van der Waals surface area contributed by atoms with E-state index in [1.54, 1.807) is 15.3 Å². The highest BCUT2D eigenvalue weighted by Crippen LogP contribution is 2.33. The van der Waals surface area contributed by atoms with Crippen LogP contribution in [0.15, 0.2) is 88.0 Å². The van der Waals surface area contributed by atoms with Gasteiger partial charge < -0.3 is 5.32 Å². The summed E-state index contributed by atoms with van der Waals surface area (Å²) in [5.41, 5.74) is 2.53. The maximum Gasteiger partial charge on any atom is 0.265 e. The smallest absolute Gasteiger partial charge is 0.265 e. The molecule has 6 rings (SSSR count). The van der Waals surface area contributed by atoms with Gasteiger partial charge in [0.2, 0.25) is 11.9 Å². The molecular weight excluding hydrogens is 552 g/mol. The van der Waals surface area contributed by atoms with Crippen molar-refractivity contribution in [1.82, 2.24) is 29.3 Å². The third kappa shape index (κ3) is 4.94. The molecule has 5 aromatic rings. The number of hydrogen-bond acceptors (Lipinski definition) is 9. The Bertz CT molecular complexity index is 1910. The van der Waals surface area contributed by atoms with Crippen molar-refractivity contribution in [3.8, 4) is 5.69 Å². The summed E-state index contributed by atoms with van der Waals surface area (Å²) >= 11 is 1.42. The zero-order valence-corrected chi connectivity index (χ0v) is 22.7. The number of thioether (sulfide) groups is 1. The van der Waals surface area contributed by atoms with Crippen LogP contribution in [0, 0.1) is 6.92 Å². The fraction of sp³-hybridized carbons (Fsp3) is 0.154. The summed E-state index contributed by atoms with van der Waals surface area (Å²) in [6.07, 6.45) is 4.41. The Hall–Kier alpha value is -4.56. The molecule has 12 nitrogen and oxygen atoms in total. The van der Waals surface area contributed by atoms with Crippen molar-refractivity contribution in [3.63, 3.8) is 0 Å². The molecular formula is C26H22N8O4S2. The number of nitrogens with zero attached hydrogens (tertiary/aromatic N) is 6. The lowest BCUT2D eigenvalue weighted by Crippen LogP contribution is -2.27. The van der Waals surface area contributed by atoms with Crippen molar-refractivity contribution in [2.45, 2.75) is 29.4 Å². The van der Waals surface area contributed by atoms with Gasteiger partial charge in [-0.15, -0.1) is 0 Å². The quantitative estimate of drug-likeness (QED) is 0.279. The van der Waals surface area contributed by atoms with Gasteiger partial charge in [0.1, 0.15) is 5.39 Å². The normalized spacial score (nSPS) is 14.7. The number of carbonyl (C=O) groups excluding carboxylic acids is 1. The number of fused-ring (bicyclic) bond motifs is 2. The number of amides is 1. The van der Waals surface area contributed by atoms with Gasteiger partial charge >= 0.3 is 0 Å². The van der Waals surface area contributed by atoms with Crippen LogP contribution >= 0.6 is 11.8 Å². The molecule has 3 aromatic heterocycles. The number of anilines is 2. The highest BCUT2D eigenvalue weighted by atomic mass is 32.2. The van der Waals surface area contributed by atoms with Crippen LogP contribution in [0.4, 0.5) is 11.6 Å². The Morgan fingerprint density at radius 2 is 1.88 bits per heavy atom. The second-order valence-electron chi connectivity index (χ2n) is 9.12. The van der Waals surface area contributed by atoms with Crippen LogP contribution in [0.5, 0.6) is 0 Å². The molecule has 0 spiro atoms. The molecule has 0 saturated heterocycles. The van der Waals surface area contributed by atoms with Crippen LogP contribution < -0.4 is 15.6 Å². The lowest BCUT2D eigenvalue weighted by Gasteiger charge is -2.14. The predicted octanol–water partition coefficient (Wildman–Crippen LogP) is 3.16. The molecule has 1 aliphatic heterocycles. The van der Waals surface area contributed by atoms with Gasteiger partial charge in [-0.05, 0) is 55.0 Å².